The van der Waals surface area contributed by atoms with Crippen LogP contribution in [0.1, 0.15) is 29.5 Å². The fourth-order valence-corrected chi connectivity index (χ4v) is 3.98. The molecule has 0 N–H and O–H groups in total. The number of anilines is 1. The molecule has 29 heavy (non-hydrogen) atoms. The maximum absolute atomic E-state index is 14.4. The molecule has 0 aromatic heterocycles. The van der Waals surface area contributed by atoms with Crippen molar-refractivity contribution in [1.82, 2.24) is 5.01 Å². The van der Waals surface area contributed by atoms with E-state index in [1.54, 1.807) is 36.2 Å². The predicted octanol–water partition coefficient (Wildman–Crippen LogP) is 4.75. The minimum absolute atomic E-state index is 0.0260. The van der Waals surface area contributed by atoms with Gasteiger partial charge in [-0.25, -0.2) is 4.39 Å². The van der Waals surface area contributed by atoms with Crippen LogP contribution in [0, 0.1) is 24.1 Å². The van der Waals surface area contributed by atoms with E-state index < -0.39 is 0 Å². The second-order valence-corrected chi connectivity index (χ2v) is 7.36. The number of nitrogens with zero attached hydrogens (tertiary/aromatic N) is 3. The molecule has 146 valence electrons. The number of aryl methyl sites for hydroxylation is 1. The van der Waals surface area contributed by atoms with Crippen molar-refractivity contribution in [2.45, 2.75) is 26.2 Å². The summed E-state index contributed by atoms with van der Waals surface area (Å²) in [7, 11) is 0. The number of hydrazine groups is 1. The fraction of sp³-hybridized carbons (Fsp3) is 0.250. The molecule has 0 bridgehead atoms. The van der Waals surface area contributed by atoms with E-state index in [0.717, 1.165) is 29.3 Å². The van der Waals surface area contributed by atoms with Crippen molar-refractivity contribution in [2.75, 3.05) is 18.1 Å². The van der Waals surface area contributed by atoms with Crippen LogP contribution in [0.3, 0.4) is 0 Å². The first kappa shape index (κ1) is 18.9. The molecule has 1 fully saturated rings. The van der Waals surface area contributed by atoms with Gasteiger partial charge in [0.05, 0.1) is 23.7 Å². The van der Waals surface area contributed by atoms with Gasteiger partial charge in [-0.1, -0.05) is 42.5 Å². The number of amides is 1. The quantitative estimate of drug-likeness (QED) is 0.652. The summed E-state index contributed by atoms with van der Waals surface area (Å²) in [5.74, 6) is -0.434. The number of nitriles is 1. The molecule has 0 aliphatic carbocycles. The van der Waals surface area contributed by atoms with Crippen molar-refractivity contribution in [3.8, 4) is 6.07 Å². The molecule has 3 aromatic carbocycles. The van der Waals surface area contributed by atoms with Crippen LogP contribution >= 0.6 is 0 Å². The maximum Gasteiger partial charge on any atom is 0.245 e. The molecule has 3 aromatic rings. The molecular formula is C24H22FN3O. The van der Waals surface area contributed by atoms with Crippen LogP contribution in [-0.4, -0.2) is 24.0 Å². The van der Waals surface area contributed by atoms with Gasteiger partial charge in [0.1, 0.15) is 5.82 Å². The Morgan fingerprint density at radius 3 is 2.59 bits per heavy atom. The van der Waals surface area contributed by atoms with Crippen molar-refractivity contribution in [1.29, 1.82) is 5.26 Å². The SMILES string of the molecule is Cc1cccc(CC(=O)N2CCCCN2c2ccc(C#N)c3ccccc23)c1F. The lowest BCUT2D eigenvalue weighted by Gasteiger charge is -2.41. The smallest absolute Gasteiger partial charge is 0.245 e. The van der Waals surface area contributed by atoms with E-state index in [9.17, 15) is 14.4 Å². The number of halogens is 1. The van der Waals surface area contributed by atoms with Gasteiger partial charge in [-0.3, -0.25) is 14.8 Å². The van der Waals surface area contributed by atoms with Crippen LogP contribution in [0.5, 0.6) is 0 Å². The number of carbonyl (C=O) groups excluding carboxylic acids is 1. The minimum Gasteiger partial charge on any atom is -0.282 e. The normalized spacial score (nSPS) is 14.1. The van der Waals surface area contributed by atoms with Crippen molar-refractivity contribution < 1.29 is 9.18 Å². The van der Waals surface area contributed by atoms with E-state index in [4.69, 9.17) is 0 Å². The zero-order valence-corrected chi connectivity index (χ0v) is 16.4. The minimum atomic E-state index is -0.312. The van der Waals surface area contributed by atoms with Crippen molar-refractivity contribution in [3.63, 3.8) is 0 Å². The highest BCUT2D eigenvalue weighted by atomic mass is 19.1. The molecule has 5 heteroatoms. The Balaban J connectivity index is 1.70. The summed E-state index contributed by atoms with van der Waals surface area (Å²) in [4.78, 5) is 13.1. The average molecular weight is 387 g/mol. The molecule has 0 atom stereocenters. The molecule has 0 radical (unpaired) electrons. The summed E-state index contributed by atoms with van der Waals surface area (Å²) >= 11 is 0. The Morgan fingerprint density at radius 1 is 1.03 bits per heavy atom. The standard InChI is InChI=1S/C24H22FN3O/c1-17-7-6-8-18(24(17)25)15-23(29)28-14-5-4-13-27(28)22-12-11-19(16-26)20-9-2-3-10-21(20)22/h2-3,6-12H,4-5,13-15H2,1H3. The molecule has 1 amide bonds. The van der Waals surface area contributed by atoms with Crippen LogP contribution < -0.4 is 5.01 Å². The molecule has 1 heterocycles. The first-order chi connectivity index (χ1) is 14.1. The zero-order chi connectivity index (χ0) is 20.4. The monoisotopic (exact) mass is 387 g/mol. The van der Waals surface area contributed by atoms with E-state index in [1.165, 1.54) is 0 Å². The summed E-state index contributed by atoms with van der Waals surface area (Å²) in [6.07, 6.45) is 1.90. The fourth-order valence-electron chi connectivity index (χ4n) is 3.98. The van der Waals surface area contributed by atoms with Crippen molar-refractivity contribution in [2.24, 2.45) is 0 Å². The molecule has 0 unspecified atom stereocenters. The number of benzene rings is 3. The molecule has 1 aliphatic rings. The van der Waals surface area contributed by atoms with Crippen molar-refractivity contribution in [3.05, 3.63) is 77.1 Å². The predicted molar refractivity (Wildman–Crippen MR) is 112 cm³/mol. The Kier molecular flexibility index (Phi) is 5.18. The van der Waals surface area contributed by atoms with Crippen LogP contribution in [0.25, 0.3) is 10.8 Å². The summed E-state index contributed by atoms with van der Waals surface area (Å²) < 4.78 is 14.4. The van der Waals surface area contributed by atoms with Crippen molar-refractivity contribution >= 4 is 22.4 Å². The summed E-state index contributed by atoms with van der Waals surface area (Å²) in [5.41, 5.74) is 2.48. The van der Waals surface area contributed by atoms with Gasteiger partial charge in [-0.2, -0.15) is 5.26 Å². The van der Waals surface area contributed by atoms with E-state index in [1.807, 2.05) is 35.3 Å². The number of hydrogen-bond acceptors (Lipinski definition) is 3. The van der Waals surface area contributed by atoms with Crippen LogP contribution in [-0.2, 0) is 11.2 Å². The molecule has 1 saturated heterocycles. The van der Waals surface area contributed by atoms with Gasteiger partial charge in [-0.05, 0) is 43.0 Å². The van der Waals surface area contributed by atoms with E-state index in [0.29, 0.717) is 29.8 Å². The number of carbonyl (C=O) groups is 1. The first-order valence-corrected chi connectivity index (χ1v) is 9.84. The van der Waals surface area contributed by atoms with Crippen LogP contribution in [0.15, 0.2) is 54.6 Å². The van der Waals surface area contributed by atoms with E-state index in [-0.39, 0.29) is 18.1 Å². The van der Waals surface area contributed by atoms with Gasteiger partial charge < -0.3 is 0 Å². The first-order valence-electron chi connectivity index (χ1n) is 9.84. The summed E-state index contributed by atoms with van der Waals surface area (Å²) in [6, 6.07) is 18.8. The van der Waals surface area contributed by atoms with Crippen LogP contribution in [0.4, 0.5) is 10.1 Å². The van der Waals surface area contributed by atoms with Gasteiger partial charge in [0.25, 0.3) is 0 Å². The largest absolute Gasteiger partial charge is 0.282 e. The van der Waals surface area contributed by atoms with Crippen LogP contribution in [0.2, 0.25) is 0 Å². The number of fused-ring (bicyclic) bond motifs is 1. The Labute approximate surface area is 169 Å². The zero-order valence-electron chi connectivity index (χ0n) is 16.4. The number of rotatable bonds is 3. The molecule has 4 nitrogen and oxygen atoms in total. The Bertz CT molecular complexity index is 1120. The molecule has 1 aliphatic heterocycles. The lowest BCUT2D eigenvalue weighted by atomic mass is 10.0. The van der Waals surface area contributed by atoms with Gasteiger partial charge in [0, 0.05) is 23.9 Å². The lowest BCUT2D eigenvalue weighted by Crippen LogP contribution is -2.51. The Morgan fingerprint density at radius 2 is 1.79 bits per heavy atom. The second-order valence-electron chi connectivity index (χ2n) is 7.36. The summed E-state index contributed by atoms with van der Waals surface area (Å²) in [6.45, 7) is 3.01. The van der Waals surface area contributed by atoms with Gasteiger partial charge in [0.15, 0.2) is 0 Å². The third-order valence-electron chi connectivity index (χ3n) is 5.48. The van der Waals surface area contributed by atoms with E-state index in [2.05, 4.69) is 6.07 Å². The maximum atomic E-state index is 14.4. The average Bonchev–Trinajstić information content (AvgIpc) is 2.76. The van der Waals surface area contributed by atoms with Gasteiger partial charge in [-0.15, -0.1) is 0 Å². The van der Waals surface area contributed by atoms with E-state index >= 15 is 0 Å². The highest BCUT2D eigenvalue weighted by Gasteiger charge is 2.27. The summed E-state index contributed by atoms with van der Waals surface area (Å²) in [5, 5.41) is 15.0. The Hall–Kier alpha value is -3.39. The highest BCUT2D eigenvalue weighted by Crippen LogP contribution is 2.32. The third kappa shape index (κ3) is 3.54. The highest BCUT2D eigenvalue weighted by molar-refractivity contribution is 5.98. The topological polar surface area (TPSA) is 47.3 Å². The molecule has 0 spiro atoms. The molecule has 0 saturated carbocycles. The molecular weight excluding hydrogens is 365 g/mol. The van der Waals surface area contributed by atoms with Gasteiger partial charge in [0.2, 0.25) is 5.91 Å². The lowest BCUT2D eigenvalue weighted by molar-refractivity contribution is -0.132. The van der Waals surface area contributed by atoms with Gasteiger partial charge >= 0.3 is 0 Å². The molecule has 4 rings (SSSR count). The second kappa shape index (κ2) is 7.92. The third-order valence-corrected chi connectivity index (χ3v) is 5.48. The number of hydrogen-bond donors (Lipinski definition) is 0.